The normalized spacial score (nSPS) is 39.4. The molecule has 0 spiro atoms. The van der Waals surface area contributed by atoms with E-state index < -0.39 is 6.10 Å². The van der Waals surface area contributed by atoms with Gasteiger partial charge in [0.1, 0.15) is 6.23 Å². The summed E-state index contributed by atoms with van der Waals surface area (Å²) in [6.45, 7) is 5.41. The highest BCUT2D eigenvalue weighted by Gasteiger charge is 2.41. The van der Waals surface area contributed by atoms with E-state index in [2.05, 4.69) is 10.6 Å². The molecule has 0 aromatic carbocycles. The lowest BCUT2D eigenvalue weighted by atomic mass is 9.87. The number of rotatable bonds is 3. The van der Waals surface area contributed by atoms with Gasteiger partial charge < -0.3 is 15.2 Å². The number of amides is 1. The summed E-state index contributed by atoms with van der Waals surface area (Å²) in [6, 6.07) is -0.389. The first-order valence-corrected chi connectivity index (χ1v) is 5.79. The van der Waals surface area contributed by atoms with Gasteiger partial charge in [-0.25, -0.2) is 0 Å². The maximum Gasteiger partial charge on any atom is 0.217 e. The van der Waals surface area contributed by atoms with Gasteiger partial charge >= 0.3 is 0 Å². The summed E-state index contributed by atoms with van der Waals surface area (Å²) < 4.78 is 5.80. The van der Waals surface area contributed by atoms with E-state index in [1.807, 2.05) is 13.8 Å². The smallest absolute Gasteiger partial charge is 0.217 e. The Bertz CT molecular complexity index is 245. The molecule has 1 aliphatic rings. The lowest BCUT2D eigenvalue weighted by Gasteiger charge is -2.43. The molecular formula is C11H22N2O3. The van der Waals surface area contributed by atoms with E-state index in [0.717, 1.165) is 6.42 Å². The van der Waals surface area contributed by atoms with Crippen LogP contribution in [0.1, 0.15) is 27.2 Å². The van der Waals surface area contributed by atoms with E-state index in [4.69, 9.17) is 4.74 Å². The van der Waals surface area contributed by atoms with Crippen molar-refractivity contribution in [3.8, 4) is 0 Å². The molecule has 5 atom stereocenters. The molecule has 16 heavy (non-hydrogen) atoms. The number of aliphatic hydroxyl groups is 1. The molecule has 0 bridgehead atoms. The summed E-state index contributed by atoms with van der Waals surface area (Å²) >= 11 is 0. The van der Waals surface area contributed by atoms with Crippen LogP contribution in [-0.4, -0.2) is 42.5 Å². The van der Waals surface area contributed by atoms with Gasteiger partial charge in [0.15, 0.2) is 0 Å². The number of carbonyl (C=O) groups is 1. The van der Waals surface area contributed by atoms with Crippen LogP contribution in [0.5, 0.6) is 0 Å². The van der Waals surface area contributed by atoms with Gasteiger partial charge in [-0.2, -0.15) is 0 Å². The number of ether oxygens (including phenoxy) is 1. The fourth-order valence-electron chi connectivity index (χ4n) is 2.23. The van der Waals surface area contributed by atoms with Crippen LogP contribution in [0.4, 0.5) is 0 Å². The second-order valence-electron chi connectivity index (χ2n) is 4.37. The van der Waals surface area contributed by atoms with Crippen molar-refractivity contribution in [3.63, 3.8) is 0 Å². The van der Waals surface area contributed by atoms with Gasteiger partial charge in [0.2, 0.25) is 5.91 Å². The van der Waals surface area contributed by atoms with Gasteiger partial charge in [0.05, 0.1) is 18.2 Å². The predicted octanol–water partition coefficient (Wildman–Crippen LogP) is -0.158. The number of aliphatic hydroxyl groups excluding tert-OH is 1. The molecule has 1 saturated heterocycles. The molecule has 94 valence electrons. The highest BCUT2D eigenvalue weighted by atomic mass is 16.5. The van der Waals surface area contributed by atoms with Crippen molar-refractivity contribution in [2.45, 2.75) is 51.7 Å². The minimum atomic E-state index is -0.583. The summed E-state index contributed by atoms with van der Waals surface area (Å²) in [6.07, 6.45) is -0.0408. The average molecular weight is 230 g/mol. The van der Waals surface area contributed by atoms with Crippen LogP contribution in [0.25, 0.3) is 0 Å². The molecule has 3 N–H and O–H groups in total. The molecule has 1 rings (SSSR count). The molecule has 1 fully saturated rings. The first kappa shape index (κ1) is 13.4. The van der Waals surface area contributed by atoms with E-state index >= 15 is 0 Å². The SMILES string of the molecule is CCC1OC(NC)[C@@H](NC(C)=O)C(O)C1C. The Kier molecular flexibility index (Phi) is 4.70. The molecule has 4 unspecified atom stereocenters. The Morgan fingerprint density at radius 3 is 2.56 bits per heavy atom. The largest absolute Gasteiger partial charge is 0.390 e. The van der Waals surface area contributed by atoms with Crippen LogP contribution < -0.4 is 10.6 Å². The quantitative estimate of drug-likeness (QED) is 0.630. The summed E-state index contributed by atoms with van der Waals surface area (Å²) in [5.74, 6) is -0.138. The predicted molar refractivity (Wildman–Crippen MR) is 60.8 cm³/mol. The topological polar surface area (TPSA) is 70.6 Å². The van der Waals surface area contributed by atoms with E-state index in [9.17, 15) is 9.90 Å². The van der Waals surface area contributed by atoms with Gasteiger partial charge in [0.25, 0.3) is 0 Å². The second kappa shape index (κ2) is 5.61. The van der Waals surface area contributed by atoms with Crippen molar-refractivity contribution in [3.05, 3.63) is 0 Å². The standard InChI is InChI=1S/C11H22N2O3/c1-5-8-6(2)10(15)9(13-7(3)14)11(12-4)16-8/h6,8-12,15H,5H2,1-4H3,(H,13,14)/t6?,8?,9-,10?,11?/m0/s1. The lowest BCUT2D eigenvalue weighted by Crippen LogP contribution is -2.63. The van der Waals surface area contributed by atoms with Crippen molar-refractivity contribution in [1.82, 2.24) is 10.6 Å². The Labute approximate surface area is 96.6 Å². The highest BCUT2D eigenvalue weighted by Crippen LogP contribution is 2.26. The van der Waals surface area contributed by atoms with Gasteiger partial charge in [0, 0.05) is 12.8 Å². The molecule has 5 nitrogen and oxygen atoms in total. The van der Waals surface area contributed by atoms with Gasteiger partial charge in [-0.1, -0.05) is 13.8 Å². The first-order chi connectivity index (χ1) is 7.51. The monoisotopic (exact) mass is 230 g/mol. The van der Waals surface area contributed by atoms with Crippen LogP contribution >= 0.6 is 0 Å². The molecule has 1 heterocycles. The zero-order chi connectivity index (χ0) is 12.3. The molecule has 1 amide bonds. The minimum Gasteiger partial charge on any atom is -0.390 e. The van der Waals surface area contributed by atoms with Crippen LogP contribution in [-0.2, 0) is 9.53 Å². The first-order valence-electron chi connectivity index (χ1n) is 5.79. The average Bonchev–Trinajstić information content (AvgIpc) is 2.25. The third-order valence-corrected chi connectivity index (χ3v) is 3.20. The van der Waals surface area contributed by atoms with Crippen LogP contribution in [0, 0.1) is 5.92 Å². The highest BCUT2D eigenvalue weighted by molar-refractivity contribution is 5.73. The summed E-state index contributed by atoms with van der Waals surface area (Å²) in [4.78, 5) is 11.1. The number of carbonyl (C=O) groups excluding carboxylic acids is 1. The van der Waals surface area contributed by atoms with E-state index in [1.165, 1.54) is 6.92 Å². The van der Waals surface area contributed by atoms with Crippen molar-refractivity contribution >= 4 is 5.91 Å². The Hall–Kier alpha value is -0.650. The zero-order valence-electron chi connectivity index (χ0n) is 10.4. The van der Waals surface area contributed by atoms with Gasteiger partial charge in [-0.15, -0.1) is 0 Å². The molecule has 0 aromatic rings. The van der Waals surface area contributed by atoms with Crippen molar-refractivity contribution < 1.29 is 14.6 Å². The third kappa shape index (κ3) is 2.72. The van der Waals surface area contributed by atoms with Crippen LogP contribution in [0.3, 0.4) is 0 Å². The number of nitrogens with one attached hydrogen (secondary N) is 2. The van der Waals surface area contributed by atoms with Crippen LogP contribution in [0.15, 0.2) is 0 Å². The van der Waals surface area contributed by atoms with Crippen LogP contribution in [0.2, 0.25) is 0 Å². The number of likely N-dealkylation sites (N-methyl/N-ethyl adjacent to an activating group) is 1. The summed E-state index contributed by atoms with van der Waals surface area (Å²) in [5.41, 5.74) is 0. The maximum atomic E-state index is 11.1. The summed E-state index contributed by atoms with van der Waals surface area (Å²) in [5, 5.41) is 15.9. The van der Waals surface area contributed by atoms with Gasteiger partial charge in [-0.05, 0) is 13.5 Å². The Balaban J connectivity index is 2.77. The maximum absolute atomic E-state index is 11.1. The molecule has 0 radical (unpaired) electrons. The fourth-order valence-corrected chi connectivity index (χ4v) is 2.23. The van der Waals surface area contributed by atoms with E-state index in [1.54, 1.807) is 7.05 Å². The van der Waals surface area contributed by atoms with Crippen molar-refractivity contribution in [1.29, 1.82) is 0 Å². The van der Waals surface area contributed by atoms with E-state index in [0.29, 0.717) is 0 Å². The second-order valence-corrected chi connectivity index (χ2v) is 4.37. The number of hydrogen-bond donors (Lipinski definition) is 3. The Morgan fingerprint density at radius 1 is 1.50 bits per heavy atom. The minimum absolute atomic E-state index is 0.0199. The fraction of sp³-hybridized carbons (Fsp3) is 0.909. The molecular weight excluding hydrogens is 208 g/mol. The zero-order valence-corrected chi connectivity index (χ0v) is 10.4. The summed E-state index contributed by atoms with van der Waals surface area (Å²) in [7, 11) is 1.76. The molecule has 5 heteroatoms. The number of hydrogen-bond acceptors (Lipinski definition) is 4. The molecule has 0 aliphatic carbocycles. The molecule has 0 aromatic heterocycles. The molecule has 1 aliphatic heterocycles. The molecule has 0 saturated carbocycles. The lowest BCUT2D eigenvalue weighted by molar-refractivity contribution is -0.163. The van der Waals surface area contributed by atoms with E-state index in [-0.39, 0.29) is 30.2 Å². The Morgan fingerprint density at radius 2 is 2.12 bits per heavy atom. The van der Waals surface area contributed by atoms with Crippen molar-refractivity contribution in [2.75, 3.05) is 7.05 Å². The third-order valence-electron chi connectivity index (χ3n) is 3.20. The van der Waals surface area contributed by atoms with Crippen molar-refractivity contribution in [2.24, 2.45) is 5.92 Å². The van der Waals surface area contributed by atoms with Gasteiger partial charge in [-0.3, -0.25) is 10.1 Å².